The van der Waals surface area contributed by atoms with Crippen LogP contribution in [0.25, 0.3) is 0 Å². The zero-order chi connectivity index (χ0) is 8.55. The van der Waals surface area contributed by atoms with Crippen molar-refractivity contribution in [2.24, 2.45) is 4.99 Å². The third-order valence-electron chi connectivity index (χ3n) is 1.96. The summed E-state index contributed by atoms with van der Waals surface area (Å²) in [6.45, 7) is 0.508. The van der Waals surface area contributed by atoms with E-state index in [0.717, 1.165) is 12.0 Å². The van der Waals surface area contributed by atoms with E-state index >= 15 is 0 Å². The average molecular weight is 158 g/mol. The van der Waals surface area contributed by atoms with Gasteiger partial charge < -0.3 is 4.81 Å². The first kappa shape index (κ1) is 7.34. The Morgan fingerprint density at radius 3 is 3.25 bits per heavy atom. The highest BCUT2D eigenvalue weighted by Gasteiger charge is 2.26. The van der Waals surface area contributed by atoms with E-state index in [1.807, 2.05) is 6.08 Å². The van der Waals surface area contributed by atoms with Crippen LogP contribution >= 0.6 is 0 Å². The summed E-state index contributed by atoms with van der Waals surface area (Å²) in [4.78, 5) is 16.5. The van der Waals surface area contributed by atoms with Gasteiger partial charge in [0.05, 0.1) is 5.57 Å². The van der Waals surface area contributed by atoms with Gasteiger partial charge in [0.1, 0.15) is 0 Å². The first-order chi connectivity index (χ1) is 5.79. The van der Waals surface area contributed by atoms with E-state index in [0.29, 0.717) is 12.1 Å². The summed E-state index contributed by atoms with van der Waals surface area (Å²) >= 11 is 0. The van der Waals surface area contributed by atoms with E-state index in [4.69, 9.17) is 7.98 Å². The SMILES string of the molecule is [B]N1CC2=CCC=NC=C2C1=O. The lowest BCUT2D eigenvalue weighted by atomic mass is 10.1. The topological polar surface area (TPSA) is 32.7 Å². The highest BCUT2D eigenvalue weighted by Crippen LogP contribution is 2.23. The Kier molecular flexibility index (Phi) is 1.61. The number of carbonyl (C=O) groups is 1. The summed E-state index contributed by atoms with van der Waals surface area (Å²) in [5.41, 5.74) is 1.62. The Morgan fingerprint density at radius 1 is 1.58 bits per heavy atom. The largest absolute Gasteiger partial charge is 0.389 e. The molecule has 0 atom stereocenters. The predicted octanol–water partition coefficient (Wildman–Crippen LogP) is 0.197. The molecule has 2 radical (unpaired) electrons. The van der Waals surface area contributed by atoms with Gasteiger partial charge in [0.25, 0.3) is 0 Å². The molecule has 58 valence electrons. The number of aliphatic imine (C=N–C) groups is 1. The molecule has 1 fully saturated rings. The van der Waals surface area contributed by atoms with Crippen molar-refractivity contribution in [1.29, 1.82) is 0 Å². The molecule has 0 aromatic carbocycles. The van der Waals surface area contributed by atoms with Crippen LogP contribution in [-0.4, -0.2) is 31.5 Å². The van der Waals surface area contributed by atoms with Crippen LogP contribution in [0.4, 0.5) is 0 Å². The number of fused-ring (bicyclic) bond motifs is 1. The van der Waals surface area contributed by atoms with Crippen molar-refractivity contribution in [1.82, 2.24) is 4.81 Å². The molecule has 0 aromatic heterocycles. The first-order valence-electron chi connectivity index (χ1n) is 3.77. The molecule has 0 bridgehead atoms. The Balaban J connectivity index is 2.43. The van der Waals surface area contributed by atoms with Crippen molar-refractivity contribution in [3.63, 3.8) is 0 Å². The van der Waals surface area contributed by atoms with Crippen LogP contribution < -0.4 is 0 Å². The molecule has 3 nitrogen and oxygen atoms in total. The number of hydrogen-bond donors (Lipinski definition) is 0. The highest BCUT2D eigenvalue weighted by molar-refractivity contribution is 6.21. The van der Waals surface area contributed by atoms with E-state index in [9.17, 15) is 4.79 Å². The zero-order valence-electron chi connectivity index (χ0n) is 6.53. The maximum atomic E-state index is 11.3. The van der Waals surface area contributed by atoms with Gasteiger partial charge in [0, 0.05) is 25.4 Å². The van der Waals surface area contributed by atoms with Gasteiger partial charge in [-0.2, -0.15) is 0 Å². The molecule has 2 aliphatic rings. The van der Waals surface area contributed by atoms with Crippen LogP contribution in [0.3, 0.4) is 0 Å². The smallest absolute Gasteiger partial charge is 0.243 e. The van der Waals surface area contributed by atoms with Crippen LogP contribution in [0.2, 0.25) is 0 Å². The quantitative estimate of drug-likeness (QED) is 0.463. The summed E-state index contributed by atoms with van der Waals surface area (Å²) < 4.78 is 0. The van der Waals surface area contributed by atoms with Crippen LogP contribution in [0.15, 0.2) is 28.4 Å². The molecule has 0 spiro atoms. The molecule has 1 saturated heterocycles. The lowest BCUT2D eigenvalue weighted by Crippen LogP contribution is -2.21. The second-order valence-corrected chi connectivity index (χ2v) is 2.77. The second-order valence-electron chi connectivity index (χ2n) is 2.77. The molecule has 0 N–H and O–H groups in total. The maximum absolute atomic E-state index is 11.3. The standard InChI is InChI=1S/C8H7BN2O/c9-11-5-6-2-1-3-10-4-7(6)8(11)12/h2-4H,1,5H2. The van der Waals surface area contributed by atoms with Gasteiger partial charge in [-0.05, 0) is 5.57 Å². The van der Waals surface area contributed by atoms with Crippen LogP contribution in [0, 0.1) is 0 Å². The van der Waals surface area contributed by atoms with E-state index in [1.165, 1.54) is 4.81 Å². The van der Waals surface area contributed by atoms with Gasteiger partial charge in [-0.15, -0.1) is 0 Å². The fourth-order valence-corrected chi connectivity index (χ4v) is 1.33. The average Bonchev–Trinajstić information content (AvgIpc) is 2.30. The summed E-state index contributed by atoms with van der Waals surface area (Å²) in [5.74, 6) is -0.139. The summed E-state index contributed by atoms with van der Waals surface area (Å²) in [6, 6.07) is 0. The molecule has 2 heterocycles. The monoisotopic (exact) mass is 158 g/mol. The van der Waals surface area contributed by atoms with Crippen LogP contribution in [0.5, 0.6) is 0 Å². The van der Waals surface area contributed by atoms with Gasteiger partial charge in [0.15, 0.2) is 0 Å². The van der Waals surface area contributed by atoms with Gasteiger partial charge in [0.2, 0.25) is 13.9 Å². The van der Waals surface area contributed by atoms with Crippen molar-refractivity contribution in [3.05, 3.63) is 23.4 Å². The number of allylic oxidation sites excluding steroid dienone is 1. The van der Waals surface area contributed by atoms with Gasteiger partial charge in [-0.1, -0.05) is 6.08 Å². The number of carbonyl (C=O) groups excluding carboxylic acids is 1. The van der Waals surface area contributed by atoms with E-state index in [1.54, 1.807) is 12.4 Å². The normalized spacial score (nSPS) is 21.7. The molecular formula is C8H7BN2O. The summed E-state index contributed by atoms with van der Waals surface area (Å²) in [5, 5.41) is 0. The van der Waals surface area contributed by atoms with Crippen molar-refractivity contribution < 1.29 is 4.79 Å². The number of hydrogen-bond acceptors (Lipinski definition) is 2. The molecule has 0 aromatic rings. The molecular weight excluding hydrogens is 151 g/mol. The second kappa shape index (κ2) is 2.62. The van der Waals surface area contributed by atoms with Crippen molar-refractivity contribution >= 4 is 20.1 Å². The Bertz CT molecular complexity index is 317. The lowest BCUT2D eigenvalue weighted by Gasteiger charge is -2.04. The van der Waals surface area contributed by atoms with Gasteiger partial charge in [-0.25, -0.2) is 0 Å². The van der Waals surface area contributed by atoms with Crippen LogP contribution in [0.1, 0.15) is 6.42 Å². The Morgan fingerprint density at radius 2 is 2.42 bits per heavy atom. The maximum Gasteiger partial charge on any atom is 0.243 e. The van der Waals surface area contributed by atoms with Crippen molar-refractivity contribution in [2.75, 3.05) is 6.54 Å². The van der Waals surface area contributed by atoms with Crippen LogP contribution in [-0.2, 0) is 4.79 Å². The lowest BCUT2D eigenvalue weighted by molar-refractivity contribution is -0.120. The molecule has 0 saturated carbocycles. The Labute approximate surface area is 71.9 Å². The molecule has 2 aliphatic heterocycles. The van der Waals surface area contributed by atoms with Crippen molar-refractivity contribution in [3.8, 4) is 0 Å². The minimum absolute atomic E-state index is 0.139. The molecule has 0 aliphatic carbocycles. The minimum atomic E-state index is -0.139. The summed E-state index contributed by atoms with van der Waals surface area (Å²) in [7, 11) is 5.44. The number of rotatable bonds is 0. The predicted molar refractivity (Wildman–Crippen MR) is 46.7 cm³/mol. The fraction of sp³-hybridized carbons (Fsp3) is 0.250. The highest BCUT2D eigenvalue weighted by atomic mass is 16.2. The van der Waals surface area contributed by atoms with E-state index in [-0.39, 0.29) is 5.91 Å². The van der Waals surface area contributed by atoms with Gasteiger partial charge >= 0.3 is 0 Å². The van der Waals surface area contributed by atoms with Gasteiger partial charge in [-0.3, -0.25) is 9.79 Å². The third kappa shape index (κ3) is 0.997. The molecule has 4 heteroatoms. The molecule has 2 rings (SSSR count). The van der Waals surface area contributed by atoms with Crippen molar-refractivity contribution in [2.45, 2.75) is 6.42 Å². The molecule has 12 heavy (non-hydrogen) atoms. The number of nitrogens with zero attached hydrogens (tertiary/aromatic N) is 2. The fourth-order valence-electron chi connectivity index (χ4n) is 1.33. The van der Waals surface area contributed by atoms with E-state index < -0.39 is 0 Å². The molecule has 1 amide bonds. The third-order valence-corrected chi connectivity index (χ3v) is 1.96. The summed E-state index contributed by atoms with van der Waals surface area (Å²) in [6.07, 6.45) is 6.10. The minimum Gasteiger partial charge on any atom is -0.389 e. The van der Waals surface area contributed by atoms with E-state index in [2.05, 4.69) is 4.99 Å². The zero-order valence-corrected chi connectivity index (χ0v) is 6.53. The Hall–Kier alpha value is -1.32. The first-order valence-corrected chi connectivity index (χ1v) is 3.77. The number of amides is 1. The molecule has 0 unspecified atom stereocenters.